The lowest BCUT2D eigenvalue weighted by Gasteiger charge is -2.14. The molecule has 2 N–H and O–H groups in total. The number of carbonyl (C=O) groups is 1. The van der Waals surface area contributed by atoms with Gasteiger partial charge in [-0.3, -0.25) is 0 Å². The molecule has 0 spiro atoms. The van der Waals surface area contributed by atoms with E-state index < -0.39 is 5.97 Å². The first-order valence-electron chi connectivity index (χ1n) is 8.35. The number of hydrogen-bond donors (Lipinski definition) is 2. The van der Waals surface area contributed by atoms with Crippen molar-refractivity contribution in [1.29, 1.82) is 0 Å². The maximum atomic E-state index is 11.1. The van der Waals surface area contributed by atoms with Gasteiger partial charge in [0, 0.05) is 27.3 Å². The van der Waals surface area contributed by atoms with Crippen molar-refractivity contribution in [3.8, 4) is 5.75 Å². The first-order chi connectivity index (χ1) is 13.4. The number of hydrogen-bond acceptors (Lipinski definition) is 3. The monoisotopic (exact) mass is 479 g/mol. The Morgan fingerprint density at radius 3 is 2.46 bits per heavy atom. The van der Waals surface area contributed by atoms with Crippen LogP contribution in [0.15, 0.2) is 65.1 Å². The Morgan fingerprint density at radius 2 is 1.79 bits per heavy atom. The Labute approximate surface area is 181 Å². The second-order valence-electron chi connectivity index (χ2n) is 6.02. The first kappa shape index (κ1) is 20.5. The fourth-order valence-electron chi connectivity index (χ4n) is 2.56. The van der Waals surface area contributed by atoms with Gasteiger partial charge < -0.3 is 15.2 Å². The largest absolute Gasteiger partial charge is 0.489 e. The topological polar surface area (TPSA) is 58.6 Å². The van der Waals surface area contributed by atoms with Crippen LogP contribution in [0.25, 0.3) is 0 Å². The quantitative estimate of drug-likeness (QED) is 0.397. The minimum absolute atomic E-state index is 0.0710. The molecule has 0 aliphatic rings. The van der Waals surface area contributed by atoms with Crippen molar-refractivity contribution in [3.05, 3.63) is 91.9 Å². The zero-order chi connectivity index (χ0) is 20.1. The van der Waals surface area contributed by atoms with Crippen LogP contribution >= 0.6 is 39.1 Å². The molecule has 0 unspecified atom stereocenters. The molecule has 0 aliphatic heterocycles. The van der Waals surface area contributed by atoms with Crippen LogP contribution in [0.5, 0.6) is 5.75 Å². The van der Waals surface area contributed by atoms with Gasteiger partial charge in [-0.25, -0.2) is 4.79 Å². The van der Waals surface area contributed by atoms with E-state index in [4.69, 9.17) is 33.0 Å². The molecule has 0 amide bonds. The predicted octanol–water partition coefficient (Wildman–Crippen LogP) is 6.65. The number of rotatable bonds is 7. The molecule has 3 rings (SSSR count). The van der Waals surface area contributed by atoms with Crippen LogP contribution in [0.1, 0.15) is 21.5 Å². The molecule has 0 heterocycles. The van der Waals surface area contributed by atoms with Gasteiger partial charge in [0.25, 0.3) is 0 Å². The Kier molecular flexibility index (Phi) is 6.83. The van der Waals surface area contributed by atoms with Gasteiger partial charge in [0.2, 0.25) is 0 Å². The Hall–Kier alpha value is -2.21. The second-order valence-corrected chi connectivity index (χ2v) is 7.78. The smallest absolute Gasteiger partial charge is 0.337 e. The summed E-state index contributed by atoms with van der Waals surface area (Å²) in [5.41, 5.74) is 2.75. The van der Waals surface area contributed by atoms with E-state index >= 15 is 0 Å². The molecule has 0 atom stereocenters. The maximum absolute atomic E-state index is 11.1. The minimum atomic E-state index is -1.05. The highest BCUT2D eigenvalue weighted by molar-refractivity contribution is 9.10. The van der Waals surface area contributed by atoms with Gasteiger partial charge in [0.1, 0.15) is 12.4 Å². The van der Waals surface area contributed by atoms with Crippen molar-refractivity contribution < 1.29 is 14.6 Å². The number of halogens is 3. The average molecular weight is 481 g/mol. The molecule has 0 saturated carbocycles. The summed E-state index contributed by atoms with van der Waals surface area (Å²) in [4.78, 5) is 11.1. The van der Waals surface area contributed by atoms with Crippen molar-refractivity contribution in [2.24, 2.45) is 0 Å². The summed E-state index contributed by atoms with van der Waals surface area (Å²) >= 11 is 15.4. The van der Waals surface area contributed by atoms with Gasteiger partial charge in [-0.15, -0.1) is 0 Å². The molecule has 0 bridgehead atoms. The number of carboxylic acid groups (broad SMARTS) is 1. The van der Waals surface area contributed by atoms with Crippen LogP contribution in [0.3, 0.4) is 0 Å². The predicted molar refractivity (Wildman–Crippen MR) is 116 cm³/mol. The number of anilines is 1. The number of benzene rings is 3. The number of carboxylic acids is 1. The van der Waals surface area contributed by atoms with Crippen LogP contribution in [-0.2, 0) is 13.2 Å². The van der Waals surface area contributed by atoms with E-state index in [0.29, 0.717) is 18.2 Å². The Morgan fingerprint density at radius 1 is 1.04 bits per heavy atom. The van der Waals surface area contributed by atoms with E-state index in [1.807, 2.05) is 42.5 Å². The van der Waals surface area contributed by atoms with E-state index in [0.717, 1.165) is 27.0 Å². The zero-order valence-corrected chi connectivity index (χ0v) is 17.7. The van der Waals surface area contributed by atoms with Gasteiger partial charge in [0.15, 0.2) is 0 Å². The van der Waals surface area contributed by atoms with Crippen LogP contribution in [0, 0.1) is 0 Å². The SMILES string of the molecule is O=C(O)c1ccc(NCc2cc(Br)ccc2OCc2ccc(Cl)cc2)cc1Cl. The average Bonchev–Trinajstić information content (AvgIpc) is 2.66. The van der Waals surface area contributed by atoms with Crippen LogP contribution in [0.4, 0.5) is 5.69 Å². The standard InChI is InChI=1S/C21H16BrCl2NO3/c22-15-3-8-20(28-12-13-1-4-16(23)5-2-13)14(9-15)11-25-17-6-7-18(21(26)27)19(24)10-17/h1-10,25H,11-12H2,(H,26,27). The molecule has 28 heavy (non-hydrogen) atoms. The third-order valence-electron chi connectivity index (χ3n) is 4.01. The van der Waals surface area contributed by atoms with Crippen molar-refractivity contribution in [2.75, 3.05) is 5.32 Å². The second kappa shape index (κ2) is 9.32. The van der Waals surface area contributed by atoms with Crippen LogP contribution in [0.2, 0.25) is 10.0 Å². The van der Waals surface area contributed by atoms with Gasteiger partial charge in [-0.2, -0.15) is 0 Å². The fourth-order valence-corrected chi connectivity index (χ4v) is 3.36. The Bertz CT molecular complexity index is 993. The van der Waals surface area contributed by atoms with Gasteiger partial charge in [-0.1, -0.05) is 51.3 Å². The van der Waals surface area contributed by atoms with Gasteiger partial charge >= 0.3 is 5.97 Å². The number of nitrogens with one attached hydrogen (secondary N) is 1. The Balaban J connectivity index is 1.71. The molecule has 0 saturated heterocycles. The molecule has 4 nitrogen and oxygen atoms in total. The minimum Gasteiger partial charge on any atom is -0.489 e. The van der Waals surface area contributed by atoms with Crippen LogP contribution < -0.4 is 10.1 Å². The van der Waals surface area contributed by atoms with Gasteiger partial charge in [0.05, 0.1) is 10.6 Å². The summed E-state index contributed by atoms with van der Waals surface area (Å²) < 4.78 is 6.91. The van der Waals surface area contributed by atoms with E-state index in [1.165, 1.54) is 6.07 Å². The number of ether oxygens (including phenoxy) is 1. The molecular weight excluding hydrogens is 465 g/mol. The van der Waals surface area contributed by atoms with Crippen molar-refractivity contribution in [2.45, 2.75) is 13.2 Å². The number of aromatic carboxylic acids is 1. The fraction of sp³-hybridized carbons (Fsp3) is 0.0952. The molecule has 3 aromatic rings. The maximum Gasteiger partial charge on any atom is 0.337 e. The summed E-state index contributed by atoms with van der Waals surface area (Å²) in [6, 6.07) is 18.0. The third-order valence-corrected chi connectivity index (χ3v) is 5.07. The third kappa shape index (κ3) is 5.41. The molecule has 7 heteroatoms. The van der Waals surface area contributed by atoms with Gasteiger partial charge in [-0.05, 0) is 54.1 Å². The van der Waals surface area contributed by atoms with E-state index in [-0.39, 0.29) is 10.6 Å². The van der Waals surface area contributed by atoms with E-state index in [2.05, 4.69) is 21.2 Å². The molecule has 0 aliphatic carbocycles. The lowest BCUT2D eigenvalue weighted by molar-refractivity contribution is 0.0697. The van der Waals surface area contributed by atoms with Crippen molar-refractivity contribution in [1.82, 2.24) is 0 Å². The summed E-state index contributed by atoms with van der Waals surface area (Å²) in [5.74, 6) is -0.305. The molecule has 0 radical (unpaired) electrons. The lowest BCUT2D eigenvalue weighted by atomic mass is 10.1. The van der Waals surface area contributed by atoms with Crippen molar-refractivity contribution in [3.63, 3.8) is 0 Å². The summed E-state index contributed by atoms with van der Waals surface area (Å²) in [5, 5.41) is 13.2. The highest BCUT2D eigenvalue weighted by Crippen LogP contribution is 2.27. The highest BCUT2D eigenvalue weighted by atomic mass is 79.9. The molecule has 0 aromatic heterocycles. The first-order valence-corrected chi connectivity index (χ1v) is 9.89. The zero-order valence-electron chi connectivity index (χ0n) is 14.6. The van der Waals surface area contributed by atoms with Crippen LogP contribution in [-0.4, -0.2) is 11.1 Å². The van der Waals surface area contributed by atoms with Crippen molar-refractivity contribution >= 4 is 50.8 Å². The highest BCUT2D eigenvalue weighted by Gasteiger charge is 2.10. The molecule has 144 valence electrons. The summed E-state index contributed by atoms with van der Waals surface area (Å²) in [7, 11) is 0. The summed E-state index contributed by atoms with van der Waals surface area (Å²) in [6.07, 6.45) is 0. The lowest BCUT2D eigenvalue weighted by Crippen LogP contribution is -2.05. The normalized spacial score (nSPS) is 10.5. The van der Waals surface area contributed by atoms with E-state index in [1.54, 1.807) is 12.1 Å². The molecule has 3 aromatic carbocycles. The van der Waals surface area contributed by atoms with E-state index in [9.17, 15) is 4.79 Å². The molecular formula is C21H16BrCl2NO3. The summed E-state index contributed by atoms with van der Waals surface area (Å²) in [6.45, 7) is 0.906. The molecule has 0 fully saturated rings.